The molecule has 0 spiro atoms. The van der Waals surface area contributed by atoms with Crippen LogP contribution in [0, 0.1) is 0 Å². The van der Waals surface area contributed by atoms with E-state index in [2.05, 4.69) is 5.43 Å². The van der Waals surface area contributed by atoms with E-state index >= 15 is 0 Å². The molecule has 86 valence electrons. The van der Waals surface area contributed by atoms with Crippen molar-refractivity contribution in [3.8, 4) is 0 Å². The molecule has 0 bridgehead atoms. The van der Waals surface area contributed by atoms with Crippen molar-refractivity contribution >= 4 is 0 Å². The van der Waals surface area contributed by atoms with E-state index in [0.29, 0.717) is 0 Å². The van der Waals surface area contributed by atoms with E-state index in [-0.39, 0.29) is 12.2 Å². The number of ether oxygens (including phenoxy) is 2. The Kier molecular flexibility index (Phi) is 4.51. The highest BCUT2D eigenvalue weighted by atomic mass is 19.3. The Morgan fingerprint density at radius 2 is 2.07 bits per heavy atom. The Bertz CT molecular complexity index is 252. The normalized spacial score (nSPS) is 15.9. The minimum Gasteiger partial charge on any atom is -0.354 e. The van der Waals surface area contributed by atoms with Crippen LogP contribution >= 0.6 is 0 Å². The second kappa shape index (κ2) is 5.67. The number of hydrogen-bond donors (Lipinski definition) is 1. The van der Waals surface area contributed by atoms with Crippen LogP contribution in [0.5, 0.6) is 0 Å². The third-order valence-corrected chi connectivity index (χ3v) is 1.99. The maximum atomic E-state index is 12.6. The number of hydrazine groups is 1. The summed E-state index contributed by atoms with van der Waals surface area (Å²) < 4.78 is 35.0. The van der Waals surface area contributed by atoms with Crippen LogP contribution in [0.25, 0.3) is 0 Å². The van der Waals surface area contributed by atoms with Gasteiger partial charge in [-0.15, -0.1) is 0 Å². The largest absolute Gasteiger partial charge is 0.354 e. The minimum absolute atomic E-state index is 0.100. The number of allylic oxidation sites excluding steroid dienone is 3. The lowest BCUT2D eigenvalue weighted by Crippen LogP contribution is -2.43. The topological polar surface area (TPSA) is 33.7 Å². The fraction of sp³-hybridized carbons (Fsp3) is 0.556. The van der Waals surface area contributed by atoms with Crippen molar-refractivity contribution in [3.05, 3.63) is 24.0 Å². The molecular formula is C9H14F2N2O2. The molecule has 1 aliphatic heterocycles. The molecule has 15 heavy (non-hydrogen) atoms. The molecule has 0 radical (unpaired) electrons. The molecule has 1 N–H and O–H groups in total. The molecule has 0 aliphatic carbocycles. The van der Waals surface area contributed by atoms with Crippen molar-refractivity contribution in [1.82, 2.24) is 10.4 Å². The highest BCUT2D eigenvalue weighted by Gasteiger charge is 2.22. The first-order valence-corrected chi connectivity index (χ1v) is 4.43. The van der Waals surface area contributed by atoms with Gasteiger partial charge >= 0.3 is 0 Å². The Hall–Kier alpha value is -1.14. The average molecular weight is 220 g/mol. The molecule has 4 nitrogen and oxygen atoms in total. The summed E-state index contributed by atoms with van der Waals surface area (Å²) in [6.45, 7) is 0.188. The van der Waals surface area contributed by atoms with Gasteiger partial charge in [-0.1, -0.05) is 0 Å². The summed E-state index contributed by atoms with van der Waals surface area (Å²) in [6.07, 6.45) is 1.35. The van der Waals surface area contributed by atoms with Gasteiger partial charge in [-0.25, -0.2) is 8.78 Å². The van der Waals surface area contributed by atoms with Gasteiger partial charge < -0.3 is 14.9 Å². The fourth-order valence-corrected chi connectivity index (χ4v) is 1.19. The van der Waals surface area contributed by atoms with Crippen molar-refractivity contribution in [3.63, 3.8) is 0 Å². The van der Waals surface area contributed by atoms with Crippen molar-refractivity contribution in [1.29, 1.82) is 0 Å². The molecular weight excluding hydrogens is 206 g/mol. The van der Waals surface area contributed by atoms with Gasteiger partial charge in [-0.2, -0.15) is 0 Å². The zero-order valence-corrected chi connectivity index (χ0v) is 8.61. The molecule has 0 unspecified atom stereocenters. The summed E-state index contributed by atoms with van der Waals surface area (Å²) in [6, 6.07) is 0. The lowest BCUT2D eigenvalue weighted by molar-refractivity contribution is -0.118. The number of nitrogens with zero attached hydrogens (tertiary/aromatic N) is 1. The molecule has 0 fully saturated rings. The lowest BCUT2D eigenvalue weighted by Gasteiger charge is -2.30. The predicted molar refractivity (Wildman–Crippen MR) is 50.9 cm³/mol. The number of nitrogens with one attached hydrogen (secondary N) is 1. The number of rotatable bonds is 5. The van der Waals surface area contributed by atoms with E-state index in [1.165, 1.54) is 31.4 Å². The van der Waals surface area contributed by atoms with Crippen LogP contribution in [-0.2, 0) is 9.47 Å². The van der Waals surface area contributed by atoms with Crippen LogP contribution in [-0.4, -0.2) is 38.5 Å². The van der Waals surface area contributed by atoms with Gasteiger partial charge in [-0.3, -0.25) is 5.01 Å². The molecule has 0 saturated heterocycles. The molecule has 0 atom stereocenters. The fourth-order valence-electron chi connectivity index (χ4n) is 1.19. The smallest absolute Gasteiger partial charge is 0.279 e. The second-order valence-electron chi connectivity index (χ2n) is 2.89. The molecule has 0 aromatic rings. The molecule has 1 heterocycles. The van der Waals surface area contributed by atoms with E-state index in [4.69, 9.17) is 9.47 Å². The third-order valence-electron chi connectivity index (χ3n) is 1.99. The molecule has 0 aromatic carbocycles. The van der Waals surface area contributed by atoms with Gasteiger partial charge in [0, 0.05) is 20.4 Å². The Morgan fingerprint density at radius 1 is 1.40 bits per heavy atom. The summed E-state index contributed by atoms with van der Waals surface area (Å²) in [5, 5.41) is 1.29. The number of halogens is 2. The number of alkyl halides is 2. The highest BCUT2D eigenvalue weighted by molar-refractivity contribution is 5.16. The van der Waals surface area contributed by atoms with Gasteiger partial charge in [0.15, 0.2) is 6.29 Å². The van der Waals surface area contributed by atoms with Gasteiger partial charge in [-0.05, 0) is 12.2 Å². The van der Waals surface area contributed by atoms with E-state index < -0.39 is 12.7 Å². The zero-order valence-electron chi connectivity index (χ0n) is 8.61. The Morgan fingerprint density at radius 3 is 2.60 bits per heavy atom. The first-order valence-electron chi connectivity index (χ1n) is 4.43. The van der Waals surface area contributed by atoms with Crippen LogP contribution in [0.3, 0.4) is 0 Å². The van der Waals surface area contributed by atoms with Gasteiger partial charge in [0.25, 0.3) is 6.43 Å². The van der Waals surface area contributed by atoms with Crippen molar-refractivity contribution in [2.75, 3.05) is 20.8 Å². The zero-order chi connectivity index (χ0) is 11.3. The van der Waals surface area contributed by atoms with Gasteiger partial charge in [0.2, 0.25) is 0 Å². The van der Waals surface area contributed by atoms with E-state index in [0.717, 1.165) is 0 Å². The number of hydrogen-bond acceptors (Lipinski definition) is 4. The maximum absolute atomic E-state index is 12.6. The Labute approximate surface area is 87.1 Å². The van der Waals surface area contributed by atoms with Gasteiger partial charge in [0.05, 0.1) is 6.54 Å². The lowest BCUT2D eigenvalue weighted by atomic mass is 10.3. The summed E-state index contributed by atoms with van der Waals surface area (Å²) in [4.78, 5) is 0. The molecule has 0 saturated carbocycles. The predicted octanol–water partition coefficient (Wildman–Crippen LogP) is 1.09. The SMILES string of the molecule is COC(CN1NC=CC=C1C(F)F)OC. The van der Waals surface area contributed by atoms with Crippen molar-refractivity contribution in [2.24, 2.45) is 0 Å². The van der Waals surface area contributed by atoms with Crippen LogP contribution in [0.2, 0.25) is 0 Å². The van der Waals surface area contributed by atoms with Crippen molar-refractivity contribution < 1.29 is 18.3 Å². The van der Waals surface area contributed by atoms with E-state index in [1.807, 2.05) is 0 Å². The highest BCUT2D eigenvalue weighted by Crippen LogP contribution is 2.15. The van der Waals surface area contributed by atoms with Crippen LogP contribution in [0.4, 0.5) is 8.78 Å². The third kappa shape index (κ3) is 3.17. The standard InChI is InChI=1S/C9H14F2N2O2/c1-14-8(15-2)6-13-7(9(10)11)4-3-5-12-13/h3-5,8-9,12H,6H2,1-2H3. The Balaban J connectivity index is 2.61. The monoisotopic (exact) mass is 220 g/mol. The maximum Gasteiger partial charge on any atom is 0.279 e. The number of methoxy groups -OCH3 is 2. The van der Waals surface area contributed by atoms with Gasteiger partial charge in [0.1, 0.15) is 5.70 Å². The second-order valence-corrected chi connectivity index (χ2v) is 2.89. The van der Waals surface area contributed by atoms with Crippen LogP contribution in [0.15, 0.2) is 24.0 Å². The summed E-state index contributed by atoms with van der Waals surface area (Å²) in [5.41, 5.74) is 2.59. The van der Waals surface area contributed by atoms with Crippen LogP contribution in [0.1, 0.15) is 0 Å². The van der Waals surface area contributed by atoms with Crippen LogP contribution < -0.4 is 5.43 Å². The molecule has 1 rings (SSSR count). The summed E-state index contributed by atoms with van der Waals surface area (Å²) >= 11 is 0. The first kappa shape index (κ1) is 11.9. The molecule has 0 amide bonds. The van der Waals surface area contributed by atoms with E-state index in [1.54, 1.807) is 6.20 Å². The molecule has 6 heteroatoms. The first-order chi connectivity index (χ1) is 7.19. The van der Waals surface area contributed by atoms with E-state index in [9.17, 15) is 8.78 Å². The minimum atomic E-state index is -2.53. The summed E-state index contributed by atoms with van der Waals surface area (Å²) in [5.74, 6) is 0. The summed E-state index contributed by atoms with van der Waals surface area (Å²) in [7, 11) is 2.92. The average Bonchev–Trinajstić information content (AvgIpc) is 2.26. The molecule has 1 aliphatic rings. The van der Waals surface area contributed by atoms with Crippen molar-refractivity contribution in [2.45, 2.75) is 12.7 Å². The molecule has 0 aromatic heterocycles. The quantitative estimate of drug-likeness (QED) is 0.703.